The maximum absolute atomic E-state index is 13.3. The van der Waals surface area contributed by atoms with Gasteiger partial charge in [0.15, 0.2) is 0 Å². The summed E-state index contributed by atoms with van der Waals surface area (Å²) in [5, 5.41) is 5.92. The lowest BCUT2D eigenvalue weighted by molar-refractivity contribution is -0.143. The van der Waals surface area contributed by atoms with Crippen LogP contribution in [0.5, 0.6) is 0 Å². The molecule has 0 saturated heterocycles. The van der Waals surface area contributed by atoms with Gasteiger partial charge in [-0.05, 0) is 35.2 Å². The molecule has 3 rings (SSSR count). The molecule has 1 atom stereocenters. The van der Waals surface area contributed by atoms with Crippen LogP contribution in [0.1, 0.15) is 51.0 Å². The van der Waals surface area contributed by atoms with Crippen LogP contribution in [0.15, 0.2) is 52.2 Å². The van der Waals surface area contributed by atoms with Gasteiger partial charge < -0.3 is 14.1 Å². The average molecular weight is 444 g/mol. The van der Waals surface area contributed by atoms with Crippen molar-refractivity contribution in [1.82, 2.24) is 9.91 Å². The first kappa shape index (κ1) is 23.7. The molecule has 0 fully saturated rings. The molecule has 0 aliphatic carbocycles. The topological polar surface area (TPSA) is 75.3 Å². The Kier molecular flexibility index (Phi) is 7.45. The van der Waals surface area contributed by atoms with Crippen molar-refractivity contribution in [2.75, 3.05) is 26.8 Å². The zero-order valence-corrected chi connectivity index (χ0v) is 19.0. The molecule has 2 heterocycles. The SMILES string of the molecule is COCCN(CC(=O)N1N=C(c2ccc(F)cc2)C[C@H]1c1ccco1)C(=O)CC(C)(C)C. The third-order valence-electron chi connectivity index (χ3n) is 5.14. The summed E-state index contributed by atoms with van der Waals surface area (Å²) in [6.45, 7) is 6.46. The third kappa shape index (κ3) is 6.03. The third-order valence-corrected chi connectivity index (χ3v) is 5.14. The molecule has 1 aliphatic rings. The fourth-order valence-corrected chi connectivity index (χ4v) is 3.55. The van der Waals surface area contributed by atoms with Gasteiger partial charge in [0.25, 0.3) is 5.91 Å². The molecule has 1 aliphatic heterocycles. The predicted molar refractivity (Wildman–Crippen MR) is 118 cm³/mol. The zero-order valence-electron chi connectivity index (χ0n) is 19.0. The van der Waals surface area contributed by atoms with Crippen molar-refractivity contribution < 1.29 is 23.1 Å². The summed E-state index contributed by atoms with van der Waals surface area (Å²) in [6, 6.07) is 9.12. The van der Waals surface area contributed by atoms with E-state index in [4.69, 9.17) is 9.15 Å². The highest BCUT2D eigenvalue weighted by Gasteiger charge is 2.36. The lowest BCUT2D eigenvalue weighted by Gasteiger charge is -2.28. The maximum atomic E-state index is 13.3. The Morgan fingerprint density at radius 3 is 2.56 bits per heavy atom. The number of furan rings is 1. The van der Waals surface area contributed by atoms with Gasteiger partial charge >= 0.3 is 0 Å². The molecular formula is C24H30FN3O4. The highest BCUT2D eigenvalue weighted by atomic mass is 19.1. The molecule has 0 unspecified atom stereocenters. The van der Waals surface area contributed by atoms with Crippen LogP contribution >= 0.6 is 0 Å². The molecule has 2 amide bonds. The molecule has 32 heavy (non-hydrogen) atoms. The van der Waals surface area contributed by atoms with Crippen molar-refractivity contribution in [3.05, 3.63) is 59.8 Å². The predicted octanol–water partition coefficient (Wildman–Crippen LogP) is 4.01. The first-order valence-corrected chi connectivity index (χ1v) is 10.6. The van der Waals surface area contributed by atoms with Crippen molar-refractivity contribution in [3.63, 3.8) is 0 Å². The number of ether oxygens (including phenoxy) is 1. The van der Waals surface area contributed by atoms with Crippen LogP contribution in [-0.2, 0) is 14.3 Å². The van der Waals surface area contributed by atoms with Gasteiger partial charge in [0.2, 0.25) is 5.91 Å². The standard InChI is InChI=1S/C24H30FN3O4/c1-24(2,3)15-22(29)27(11-13-31-4)16-23(30)28-20(21-6-5-12-32-21)14-19(26-28)17-7-9-18(25)10-8-17/h5-10,12,20H,11,13-16H2,1-4H3/t20-/m0/s1. The maximum Gasteiger partial charge on any atom is 0.262 e. The van der Waals surface area contributed by atoms with Crippen molar-refractivity contribution in [3.8, 4) is 0 Å². The Bertz CT molecular complexity index is 949. The lowest BCUT2D eigenvalue weighted by atomic mass is 9.91. The van der Waals surface area contributed by atoms with E-state index >= 15 is 0 Å². The van der Waals surface area contributed by atoms with Gasteiger partial charge in [0.1, 0.15) is 24.2 Å². The van der Waals surface area contributed by atoms with E-state index in [1.165, 1.54) is 22.0 Å². The van der Waals surface area contributed by atoms with Crippen LogP contribution in [0, 0.1) is 11.2 Å². The zero-order chi connectivity index (χ0) is 23.3. The largest absolute Gasteiger partial charge is 0.467 e. The van der Waals surface area contributed by atoms with Crippen molar-refractivity contribution in [1.29, 1.82) is 0 Å². The summed E-state index contributed by atoms with van der Waals surface area (Å²) in [5.41, 5.74) is 1.19. The number of methoxy groups -OCH3 is 1. The summed E-state index contributed by atoms with van der Waals surface area (Å²) in [7, 11) is 1.56. The second-order valence-corrected chi connectivity index (χ2v) is 9.07. The number of rotatable bonds is 8. The number of carbonyl (C=O) groups is 2. The van der Waals surface area contributed by atoms with Crippen LogP contribution < -0.4 is 0 Å². The fraction of sp³-hybridized carbons (Fsp3) is 0.458. The van der Waals surface area contributed by atoms with Crippen LogP contribution in [0.25, 0.3) is 0 Å². The van der Waals surface area contributed by atoms with Crippen LogP contribution in [-0.4, -0.2) is 54.2 Å². The first-order chi connectivity index (χ1) is 15.2. The van der Waals surface area contributed by atoms with Crippen molar-refractivity contribution >= 4 is 17.5 Å². The number of hydrogen-bond donors (Lipinski definition) is 0. The molecule has 1 aromatic carbocycles. The van der Waals surface area contributed by atoms with E-state index in [-0.39, 0.29) is 29.6 Å². The van der Waals surface area contributed by atoms with Crippen molar-refractivity contribution in [2.45, 2.75) is 39.7 Å². The molecule has 0 bridgehead atoms. The molecule has 0 spiro atoms. The van der Waals surface area contributed by atoms with E-state index in [0.29, 0.717) is 37.5 Å². The second-order valence-electron chi connectivity index (χ2n) is 9.07. The van der Waals surface area contributed by atoms with Crippen LogP contribution in [0.3, 0.4) is 0 Å². The Balaban J connectivity index is 1.83. The minimum absolute atomic E-state index is 0.112. The molecule has 2 aromatic rings. The number of hydrazone groups is 1. The van der Waals surface area contributed by atoms with Gasteiger partial charge in [-0.2, -0.15) is 5.10 Å². The fourth-order valence-electron chi connectivity index (χ4n) is 3.55. The number of halogens is 1. The Hall–Kier alpha value is -3.00. The van der Waals surface area contributed by atoms with Gasteiger partial charge in [0, 0.05) is 26.5 Å². The molecule has 1 aromatic heterocycles. The van der Waals surface area contributed by atoms with E-state index in [2.05, 4.69) is 5.10 Å². The number of carbonyl (C=O) groups excluding carboxylic acids is 2. The van der Waals surface area contributed by atoms with Gasteiger partial charge in [-0.15, -0.1) is 0 Å². The van der Waals surface area contributed by atoms with E-state index in [9.17, 15) is 14.0 Å². The molecule has 172 valence electrons. The average Bonchev–Trinajstić information content (AvgIpc) is 3.40. The number of hydrogen-bond acceptors (Lipinski definition) is 5. The Morgan fingerprint density at radius 2 is 1.97 bits per heavy atom. The molecule has 7 nitrogen and oxygen atoms in total. The van der Waals surface area contributed by atoms with Crippen molar-refractivity contribution in [2.24, 2.45) is 10.5 Å². The number of benzene rings is 1. The molecular weight excluding hydrogens is 413 g/mol. The Morgan fingerprint density at radius 1 is 1.25 bits per heavy atom. The quantitative estimate of drug-likeness (QED) is 0.618. The first-order valence-electron chi connectivity index (χ1n) is 10.6. The van der Waals surface area contributed by atoms with Gasteiger partial charge in [-0.3, -0.25) is 9.59 Å². The Labute approximate surface area is 187 Å². The molecule has 0 saturated carbocycles. The van der Waals surface area contributed by atoms with E-state index in [1.54, 1.807) is 37.6 Å². The van der Waals surface area contributed by atoms with E-state index in [1.807, 2.05) is 20.8 Å². The number of amides is 2. The van der Waals surface area contributed by atoms with Gasteiger partial charge in [-0.25, -0.2) is 9.40 Å². The minimum atomic E-state index is -0.431. The van der Waals surface area contributed by atoms with Crippen LogP contribution in [0.4, 0.5) is 4.39 Å². The van der Waals surface area contributed by atoms with Gasteiger partial charge in [-0.1, -0.05) is 32.9 Å². The van der Waals surface area contributed by atoms with E-state index in [0.717, 1.165) is 5.56 Å². The smallest absolute Gasteiger partial charge is 0.262 e. The normalized spacial score (nSPS) is 16.2. The highest BCUT2D eigenvalue weighted by Crippen LogP contribution is 2.33. The summed E-state index contributed by atoms with van der Waals surface area (Å²) in [6.07, 6.45) is 2.29. The highest BCUT2D eigenvalue weighted by molar-refractivity contribution is 6.03. The second kappa shape index (κ2) is 10.1. The van der Waals surface area contributed by atoms with Gasteiger partial charge in [0.05, 0.1) is 18.6 Å². The van der Waals surface area contributed by atoms with E-state index < -0.39 is 6.04 Å². The summed E-state index contributed by atoms with van der Waals surface area (Å²) in [5.74, 6) is -0.168. The summed E-state index contributed by atoms with van der Waals surface area (Å²) >= 11 is 0. The molecule has 8 heteroatoms. The lowest BCUT2D eigenvalue weighted by Crippen LogP contribution is -2.43. The van der Waals surface area contributed by atoms with Crippen LogP contribution in [0.2, 0.25) is 0 Å². The summed E-state index contributed by atoms with van der Waals surface area (Å²) in [4.78, 5) is 27.7. The molecule has 0 radical (unpaired) electrons. The monoisotopic (exact) mass is 443 g/mol. The summed E-state index contributed by atoms with van der Waals surface area (Å²) < 4.78 is 24.0. The number of nitrogens with zero attached hydrogens (tertiary/aromatic N) is 3. The molecule has 0 N–H and O–H groups in total. The minimum Gasteiger partial charge on any atom is -0.467 e.